The second kappa shape index (κ2) is 5.69. The number of anilines is 1. The van der Waals surface area contributed by atoms with E-state index in [1.54, 1.807) is 12.3 Å². The molecule has 0 atom stereocenters. The van der Waals surface area contributed by atoms with Gasteiger partial charge in [0.15, 0.2) is 0 Å². The van der Waals surface area contributed by atoms with E-state index in [9.17, 15) is 4.79 Å². The number of aromatic nitrogens is 2. The average molecular weight is 257 g/mol. The number of carbonyl (C=O) groups is 1. The fourth-order valence-electron chi connectivity index (χ4n) is 2.08. The summed E-state index contributed by atoms with van der Waals surface area (Å²) in [7, 11) is 0. The van der Waals surface area contributed by atoms with Crippen molar-refractivity contribution in [3.8, 4) is 0 Å². The molecule has 0 saturated heterocycles. The van der Waals surface area contributed by atoms with E-state index in [0.717, 1.165) is 22.5 Å². The number of aryl methyl sites for hydroxylation is 1. The number of nitrogens with one attached hydrogen (secondary N) is 2. The second-order valence-corrected chi connectivity index (χ2v) is 5.00. The van der Waals surface area contributed by atoms with Gasteiger partial charge in [-0.15, -0.1) is 0 Å². The molecule has 4 heteroatoms. The smallest absolute Gasteiger partial charge is 0.230 e. The van der Waals surface area contributed by atoms with Crippen molar-refractivity contribution in [3.63, 3.8) is 0 Å². The number of rotatable bonds is 4. The lowest BCUT2D eigenvalue weighted by molar-refractivity contribution is -0.115. The molecule has 0 unspecified atom stereocenters. The third-order valence-corrected chi connectivity index (χ3v) is 3.10. The molecule has 0 spiro atoms. The highest BCUT2D eigenvalue weighted by molar-refractivity contribution is 5.93. The molecule has 19 heavy (non-hydrogen) atoms. The molecule has 0 fully saturated rings. The topological polar surface area (TPSA) is 57.8 Å². The quantitative estimate of drug-likeness (QED) is 0.884. The molecule has 4 nitrogen and oxygen atoms in total. The average Bonchev–Trinajstić information content (AvgIpc) is 2.84. The van der Waals surface area contributed by atoms with E-state index in [1.807, 2.05) is 19.1 Å². The molecule has 0 aliphatic rings. The van der Waals surface area contributed by atoms with E-state index in [-0.39, 0.29) is 5.91 Å². The summed E-state index contributed by atoms with van der Waals surface area (Å²) in [5.41, 5.74) is 4.00. The predicted molar refractivity (Wildman–Crippen MR) is 76.2 cm³/mol. The Hall–Kier alpha value is -2.10. The van der Waals surface area contributed by atoms with Crippen molar-refractivity contribution in [2.45, 2.75) is 33.1 Å². The molecule has 0 aliphatic heterocycles. The second-order valence-electron chi connectivity index (χ2n) is 5.00. The molecule has 0 radical (unpaired) electrons. The lowest BCUT2D eigenvalue weighted by Crippen LogP contribution is -2.17. The Bertz CT molecular complexity index is 559. The number of benzene rings is 1. The van der Waals surface area contributed by atoms with Crippen LogP contribution in [0.25, 0.3) is 0 Å². The number of nitrogens with zero attached hydrogens (tertiary/aromatic N) is 1. The van der Waals surface area contributed by atoms with Crippen LogP contribution < -0.4 is 5.32 Å². The maximum Gasteiger partial charge on any atom is 0.230 e. The van der Waals surface area contributed by atoms with Crippen LogP contribution in [0.4, 0.5) is 5.69 Å². The lowest BCUT2D eigenvalue weighted by atomic mass is 9.98. The first-order chi connectivity index (χ1) is 9.08. The van der Waals surface area contributed by atoms with Crippen LogP contribution in [0.5, 0.6) is 0 Å². The summed E-state index contributed by atoms with van der Waals surface area (Å²) >= 11 is 0. The summed E-state index contributed by atoms with van der Waals surface area (Å²) in [6, 6.07) is 7.90. The third-order valence-electron chi connectivity index (χ3n) is 3.10. The van der Waals surface area contributed by atoms with Crippen LogP contribution in [-0.2, 0) is 11.2 Å². The lowest BCUT2D eigenvalue weighted by Gasteiger charge is -2.16. The molecule has 0 bridgehead atoms. The Morgan fingerprint density at radius 2 is 2.16 bits per heavy atom. The van der Waals surface area contributed by atoms with Crippen molar-refractivity contribution >= 4 is 11.6 Å². The summed E-state index contributed by atoms with van der Waals surface area (Å²) < 4.78 is 0. The molecule has 1 heterocycles. The van der Waals surface area contributed by atoms with Crippen molar-refractivity contribution < 1.29 is 4.79 Å². The molecule has 0 aliphatic carbocycles. The number of amides is 1. The monoisotopic (exact) mass is 257 g/mol. The molecular weight excluding hydrogens is 238 g/mol. The summed E-state index contributed by atoms with van der Waals surface area (Å²) in [4.78, 5) is 12.0. The van der Waals surface area contributed by atoms with Gasteiger partial charge in [0.05, 0.1) is 6.42 Å². The minimum Gasteiger partial charge on any atom is -0.325 e. The summed E-state index contributed by atoms with van der Waals surface area (Å²) in [6.45, 7) is 6.26. The minimum absolute atomic E-state index is 0.0274. The Morgan fingerprint density at radius 3 is 2.79 bits per heavy atom. The van der Waals surface area contributed by atoms with E-state index in [4.69, 9.17) is 0 Å². The van der Waals surface area contributed by atoms with Gasteiger partial charge in [0.1, 0.15) is 0 Å². The van der Waals surface area contributed by atoms with Gasteiger partial charge in [0, 0.05) is 17.6 Å². The van der Waals surface area contributed by atoms with Crippen LogP contribution in [0.2, 0.25) is 0 Å². The molecule has 2 N–H and O–H groups in total. The van der Waals surface area contributed by atoms with Gasteiger partial charge in [-0.1, -0.05) is 32.0 Å². The third kappa shape index (κ3) is 3.22. The molecule has 100 valence electrons. The zero-order chi connectivity index (χ0) is 13.8. The first-order valence-corrected chi connectivity index (χ1v) is 6.45. The number of carbonyl (C=O) groups excluding carboxylic acids is 1. The van der Waals surface area contributed by atoms with Crippen molar-refractivity contribution in [1.29, 1.82) is 0 Å². The maximum absolute atomic E-state index is 12.0. The summed E-state index contributed by atoms with van der Waals surface area (Å²) in [5, 5.41) is 9.65. The van der Waals surface area contributed by atoms with Crippen molar-refractivity contribution in [2.75, 3.05) is 5.32 Å². The highest BCUT2D eigenvalue weighted by Gasteiger charge is 2.12. The Labute approximate surface area is 113 Å². The SMILES string of the molecule is Cc1cccc(C(C)C)c1NC(=O)Cc1ccn[nH]1. The van der Waals surface area contributed by atoms with Gasteiger partial charge < -0.3 is 5.32 Å². The van der Waals surface area contributed by atoms with Crippen molar-refractivity contribution in [1.82, 2.24) is 10.2 Å². The van der Waals surface area contributed by atoms with Crippen LogP contribution >= 0.6 is 0 Å². The van der Waals surface area contributed by atoms with Crippen LogP contribution in [0, 0.1) is 6.92 Å². The van der Waals surface area contributed by atoms with E-state index in [2.05, 4.69) is 35.4 Å². The highest BCUT2D eigenvalue weighted by atomic mass is 16.1. The van der Waals surface area contributed by atoms with Crippen LogP contribution in [0.3, 0.4) is 0 Å². The molecule has 2 aromatic rings. The number of para-hydroxylation sites is 1. The fraction of sp³-hybridized carbons (Fsp3) is 0.333. The number of hydrogen-bond donors (Lipinski definition) is 2. The standard InChI is InChI=1S/C15H19N3O/c1-10(2)13-6-4-5-11(3)15(13)17-14(19)9-12-7-8-16-18-12/h4-8,10H,9H2,1-3H3,(H,16,18)(H,17,19). The highest BCUT2D eigenvalue weighted by Crippen LogP contribution is 2.27. The van der Waals surface area contributed by atoms with E-state index >= 15 is 0 Å². The van der Waals surface area contributed by atoms with Crippen LogP contribution in [0.1, 0.15) is 36.6 Å². The Kier molecular flexibility index (Phi) is 4.00. The first kappa shape index (κ1) is 13.3. The number of hydrogen-bond acceptors (Lipinski definition) is 2. The van der Waals surface area contributed by atoms with Crippen molar-refractivity contribution in [3.05, 3.63) is 47.3 Å². The Morgan fingerprint density at radius 1 is 1.37 bits per heavy atom. The molecule has 1 amide bonds. The molecule has 2 rings (SSSR count). The zero-order valence-corrected chi connectivity index (χ0v) is 11.5. The minimum atomic E-state index is -0.0274. The van der Waals surface area contributed by atoms with Gasteiger partial charge in [-0.25, -0.2) is 0 Å². The molecule has 1 aromatic heterocycles. The number of H-pyrrole nitrogens is 1. The van der Waals surface area contributed by atoms with Gasteiger partial charge in [-0.3, -0.25) is 9.89 Å². The fourth-order valence-corrected chi connectivity index (χ4v) is 2.08. The molecule has 0 saturated carbocycles. The zero-order valence-electron chi connectivity index (χ0n) is 11.5. The van der Waals surface area contributed by atoms with E-state index < -0.39 is 0 Å². The van der Waals surface area contributed by atoms with Gasteiger partial charge in [-0.05, 0) is 30.0 Å². The van der Waals surface area contributed by atoms with Gasteiger partial charge in [-0.2, -0.15) is 5.10 Å². The predicted octanol–water partition coefficient (Wildman–Crippen LogP) is 3.02. The van der Waals surface area contributed by atoms with Gasteiger partial charge >= 0.3 is 0 Å². The molecule has 1 aromatic carbocycles. The van der Waals surface area contributed by atoms with E-state index in [0.29, 0.717) is 12.3 Å². The van der Waals surface area contributed by atoms with Crippen LogP contribution in [-0.4, -0.2) is 16.1 Å². The normalized spacial score (nSPS) is 10.7. The first-order valence-electron chi connectivity index (χ1n) is 6.45. The van der Waals surface area contributed by atoms with E-state index in [1.165, 1.54) is 0 Å². The maximum atomic E-state index is 12.0. The van der Waals surface area contributed by atoms with Gasteiger partial charge in [0.2, 0.25) is 5.91 Å². The number of aromatic amines is 1. The largest absolute Gasteiger partial charge is 0.325 e. The van der Waals surface area contributed by atoms with Gasteiger partial charge in [0.25, 0.3) is 0 Å². The summed E-state index contributed by atoms with van der Waals surface area (Å²) in [5.74, 6) is 0.350. The van der Waals surface area contributed by atoms with Crippen molar-refractivity contribution in [2.24, 2.45) is 0 Å². The summed E-state index contributed by atoms with van der Waals surface area (Å²) in [6.07, 6.45) is 1.96. The van der Waals surface area contributed by atoms with Crippen LogP contribution in [0.15, 0.2) is 30.5 Å². The Balaban J connectivity index is 2.16. The molecular formula is C15H19N3O.